The van der Waals surface area contributed by atoms with Gasteiger partial charge in [-0.3, -0.25) is 9.59 Å². The van der Waals surface area contributed by atoms with Crippen molar-refractivity contribution in [2.45, 2.75) is 6.92 Å². The zero-order valence-corrected chi connectivity index (χ0v) is 13.5. The number of anilines is 1. The number of rotatable bonds is 4. The number of nitrogens with one attached hydrogen (secondary N) is 1. The molecule has 0 aliphatic carbocycles. The van der Waals surface area contributed by atoms with Crippen molar-refractivity contribution in [3.05, 3.63) is 52.0 Å². The standard InChI is InChI=1S/C16H17N3O2S/c1-11-17-14(10-22-11)7-8-15(20)18-13-6-4-5-12(9-13)16(21)19(2)3/h4-10H,1-3H3,(H,18,20)/b8-7+. The molecule has 1 N–H and O–H groups in total. The fourth-order valence-corrected chi connectivity index (χ4v) is 2.37. The Balaban J connectivity index is 2.04. The third-order valence-electron chi connectivity index (χ3n) is 2.83. The average Bonchev–Trinajstić information content (AvgIpc) is 2.90. The van der Waals surface area contributed by atoms with Crippen molar-refractivity contribution >= 4 is 34.9 Å². The summed E-state index contributed by atoms with van der Waals surface area (Å²) >= 11 is 1.53. The monoisotopic (exact) mass is 315 g/mol. The zero-order chi connectivity index (χ0) is 16.1. The van der Waals surface area contributed by atoms with E-state index in [1.165, 1.54) is 22.3 Å². The van der Waals surface area contributed by atoms with Gasteiger partial charge in [0, 0.05) is 36.8 Å². The highest BCUT2D eigenvalue weighted by Gasteiger charge is 2.08. The quantitative estimate of drug-likeness (QED) is 0.883. The Hall–Kier alpha value is -2.47. The van der Waals surface area contributed by atoms with E-state index in [1.807, 2.05) is 12.3 Å². The van der Waals surface area contributed by atoms with Crippen LogP contribution in [0.4, 0.5) is 5.69 Å². The highest BCUT2D eigenvalue weighted by atomic mass is 32.1. The molecule has 0 radical (unpaired) electrons. The first-order valence-corrected chi connectivity index (χ1v) is 7.56. The number of aryl methyl sites for hydroxylation is 1. The molecule has 0 spiro atoms. The Labute approximate surface area is 133 Å². The Morgan fingerprint density at radius 3 is 2.73 bits per heavy atom. The molecule has 0 saturated carbocycles. The lowest BCUT2D eigenvalue weighted by Gasteiger charge is -2.11. The predicted octanol–water partition coefficient (Wildman–Crippen LogP) is 2.81. The van der Waals surface area contributed by atoms with Gasteiger partial charge in [-0.15, -0.1) is 11.3 Å². The van der Waals surface area contributed by atoms with Crippen LogP contribution in [0.15, 0.2) is 35.7 Å². The Bertz CT molecular complexity index is 720. The van der Waals surface area contributed by atoms with Crippen LogP contribution in [0.5, 0.6) is 0 Å². The zero-order valence-electron chi connectivity index (χ0n) is 12.7. The molecule has 1 aromatic heterocycles. The molecule has 2 rings (SSSR count). The molecule has 0 saturated heterocycles. The van der Waals surface area contributed by atoms with E-state index in [4.69, 9.17) is 0 Å². The van der Waals surface area contributed by atoms with Crippen molar-refractivity contribution in [1.29, 1.82) is 0 Å². The fourth-order valence-electron chi connectivity index (χ4n) is 1.79. The van der Waals surface area contributed by atoms with E-state index >= 15 is 0 Å². The van der Waals surface area contributed by atoms with Gasteiger partial charge in [0.15, 0.2) is 0 Å². The molecule has 1 heterocycles. The van der Waals surface area contributed by atoms with Crippen LogP contribution < -0.4 is 5.32 Å². The maximum atomic E-state index is 11.9. The lowest BCUT2D eigenvalue weighted by molar-refractivity contribution is -0.111. The highest BCUT2D eigenvalue weighted by Crippen LogP contribution is 2.13. The van der Waals surface area contributed by atoms with Crippen LogP contribution in [-0.4, -0.2) is 35.8 Å². The van der Waals surface area contributed by atoms with Crippen molar-refractivity contribution in [2.24, 2.45) is 0 Å². The second-order valence-electron chi connectivity index (χ2n) is 4.89. The van der Waals surface area contributed by atoms with E-state index in [0.717, 1.165) is 10.7 Å². The smallest absolute Gasteiger partial charge is 0.253 e. The van der Waals surface area contributed by atoms with E-state index in [0.29, 0.717) is 11.3 Å². The largest absolute Gasteiger partial charge is 0.345 e. The second-order valence-corrected chi connectivity index (χ2v) is 5.96. The maximum absolute atomic E-state index is 11.9. The van der Waals surface area contributed by atoms with Gasteiger partial charge in [-0.25, -0.2) is 4.98 Å². The molecule has 22 heavy (non-hydrogen) atoms. The lowest BCUT2D eigenvalue weighted by Crippen LogP contribution is -2.21. The van der Waals surface area contributed by atoms with Crippen molar-refractivity contribution in [2.75, 3.05) is 19.4 Å². The summed E-state index contributed by atoms with van der Waals surface area (Å²) in [7, 11) is 3.37. The van der Waals surface area contributed by atoms with E-state index in [2.05, 4.69) is 10.3 Å². The van der Waals surface area contributed by atoms with Crippen LogP contribution >= 0.6 is 11.3 Å². The minimum atomic E-state index is -0.264. The second kappa shape index (κ2) is 7.00. The molecule has 0 bridgehead atoms. The van der Waals surface area contributed by atoms with Crippen LogP contribution in [0.25, 0.3) is 6.08 Å². The molecule has 0 unspecified atom stereocenters. The van der Waals surface area contributed by atoms with Crippen molar-refractivity contribution in [3.63, 3.8) is 0 Å². The summed E-state index contributed by atoms with van der Waals surface area (Å²) < 4.78 is 0. The summed E-state index contributed by atoms with van der Waals surface area (Å²) in [6.07, 6.45) is 3.09. The topological polar surface area (TPSA) is 62.3 Å². The third-order valence-corrected chi connectivity index (χ3v) is 3.62. The number of hydrogen-bond acceptors (Lipinski definition) is 4. The van der Waals surface area contributed by atoms with E-state index < -0.39 is 0 Å². The molecular weight excluding hydrogens is 298 g/mol. The van der Waals surface area contributed by atoms with Gasteiger partial charge >= 0.3 is 0 Å². The average molecular weight is 315 g/mol. The fraction of sp³-hybridized carbons (Fsp3) is 0.188. The SMILES string of the molecule is Cc1nc(/C=C/C(=O)Nc2cccc(C(=O)N(C)C)c2)cs1. The molecular formula is C16H17N3O2S. The van der Waals surface area contributed by atoms with Gasteiger partial charge in [0.1, 0.15) is 0 Å². The summed E-state index contributed by atoms with van der Waals surface area (Å²) in [6, 6.07) is 6.85. The molecule has 6 heteroatoms. The third kappa shape index (κ3) is 4.26. The van der Waals surface area contributed by atoms with Gasteiger partial charge in [0.05, 0.1) is 10.7 Å². The van der Waals surface area contributed by atoms with Crippen LogP contribution in [0, 0.1) is 6.92 Å². The molecule has 2 amide bonds. The van der Waals surface area contributed by atoms with E-state index in [-0.39, 0.29) is 11.8 Å². The van der Waals surface area contributed by atoms with Crippen LogP contribution in [0.2, 0.25) is 0 Å². The normalized spacial score (nSPS) is 10.7. The molecule has 2 aromatic rings. The number of amides is 2. The molecule has 0 aliphatic heterocycles. The van der Waals surface area contributed by atoms with Gasteiger partial charge in [-0.05, 0) is 31.2 Å². The van der Waals surface area contributed by atoms with E-state index in [1.54, 1.807) is 44.4 Å². The summed E-state index contributed by atoms with van der Waals surface area (Å²) in [5, 5.41) is 5.57. The van der Waals surface area contributed by atoms with Crippen LogP contribution in [0.3, 0.4) is 0 Å². The molecule has 0 aliphatic rings. The summed E-state index contributed by atoms with van der Waals surface area (Å²) in [4.78, 5) is 29.5. The van der Waals surface area contributed by atoms with Crippen molar-refractivity contribution in [3.8, 4) is 0 Å². The Kier molecular flexibility index (Phi) is 5.06. The van der Waals surface area contributed by atoms with Gasteiger partial charge in [0.25, 0.3) is 5.91 Å². The number of nitrogens with zero attached hydrogens (tertiary/aromatic N) is 2. The summed E-state index contributed by atoms with van der Waals surface area (Å²) in [5.74, 6) is -0.371. The Morgan fingerprint density at radius 1 is 1.32 bits per heavy atom. The predicted molar refractivity (Wildman–Crippen MR) is 89.0 cm³/mol. The molecule has 114 valence electrons. The number of aromatic nitrogens is 1. The summed E-state index contributed by atoms with van der Waals surface area (Å²) in [5.41, 5.74) is 1.87. The number of carbonyl (C=O) groups is 2. The number of carbonyl (C=O) groups excluding carboxylic acids is 2. The van der Waals surface area contributed by atoms with E-state index in [9.17, 15) is 9.59 Å². The molecule has 0 fully saturated rings. The lowest BCUT2D eigenvalue weighted by atomic mass is 10.2. The first-order valence-electron chi connectivity index (χ1n) is 6.68. The molecule has 5 nitrogen and oxygen atoms in total. The minimum absolute atomic E-state index is 0.107. The van der Waals surface area contributed by atoms with Crippen LogP contribution in [0.1, 0.15) is 21.1 Å². The van der Waals surface area contributed by atoms with Gasteiger partial charge in [0.2, 0.25) is 5.91 Å². The number of thiazole rings is 1. The first kappa shape index (κ1) is 15.9. The van der Waals surface area contributed by atoms with Crippen molar-refractivity contribution < 1.29 is 9.59 Å². The number of hydrogen-bond donors (Lipinski definition) is 1. The van der Waals surface area contributed by atoms with Crippen molar-refractivity contribution in [1.82, 2.24) is 9.88 Å². The van der Waals surface area contributed by atoms with Gasteiger partial charge < -0.3 is 10.2 Å². The summed E-state index contributed by atoms with van der Waals surface area (Å²) in [6.45, 7) is 1.91. The number of benzene rings is 1. The Morgan fingerprint density at radius 2 is 2.09 bits per heavy atom. The molecule has 1 aromatic carbocycles. The minimum Gasteiger partial charge on any atom is -0.345 e. The van der Waals surface area contributed by atoms with Crippen LogP contribution in [-0.2, 0) is 4.79 Å². The highest BCUT2D eigenvalue weighted by molar-refractivity contribution is 7.09. The van der Waals surface area contributed by atoms with Gasteiger partial charge in [-0.2, -0.15) is 0 Å². The molecule has 0 atom stereocenters. The maximum Gasteiger partial charge on any atom is 0.253 e. The van der Waals surface area contributed by atoms with Gasteiger partial charge in [-0.1, -0.05) is 6.07 Å². The first-order chi connectivity index (χ1) is 10.5.